The lowest BCUT2D eigenvalue weighted by Crippen LogP contribution is -2.29. The molecule has 3 amide bonds. The van der Waals surface area contributed by atoms with Gasteiger partial charge in [-0.1, -0.05) is 30.3 Å². The predicted octanol–water partition coefficient (Wildman–Crippen LogP) is 3.95. The molecule has 5 nitrogen and oxygen atoms in total. The van der Waals surface area contributed by atoms with Gasteiger partial charge in [0.05, 0.1) is 23.2 Å². The first-order valence-electron chi connectivity index (χ1n) is 8.76. The Labute approximate surface area is 164 Å². The fraction of sp³-hybridized carbons (Fsp3) is 0.0455. The van der Waals surface area contributed by atoms with Gasteiger partial charge in [0.15, 0.2) is 0 Å². The van der Waals surface area contributed by atoms with Gasteiger partial charge in [-0.3, -0.25) is 14.4 Å². The van der Waals surface area contributed by atoms with Crippen LogP contribution in [0.1, 0.15) is 26.3 Å². The summed E-state index contributed by atoms with van der Waals surface area (Å²) in [6.45, 7) is 0. The van der Waals surface area contributed by atoms with E-state index in [9.17, 15) is 23.2 Å². The van der Waals surface area contributed by atoms with Crippen molar-refractivity contribution in [3.63, 3.8) is 0 Å². The van der Waals surface area contributed by atoms with Gasteiger partial charge in [-0.05, 0) is 42.0 Å². The first kappa shape index (κ1) is 18.5. The second kappa shape index (κ2) is 7.27. The summed E-state index contributed by atoms with van der Waals surface area (Å²) in [5, 5.41) is 2.22. The molecule has 1 N–H and O–H groups in total. The van der Waals surface area contributed by atoms with Crippen LogP contribution in [0.5, 0.6) is 0 Å². The highest BCUT2D eigenvalue weighted by atomic mass is 19.1. The van der Waals surface area contributed by atoms with E-state index >= 15 is 0 Å². The van der Waals surface area contributed by atoms with E-state index in [1.807, 2.05) is 0 Å². The van der Waals surface area contributed by atoms with Gasteiger partial charge in [0.25, 0.3) is 11.8 Å². The number of halogens is 2. The summed E-state index contributed by atoms with van der Waals surface area (Å²) in [6.07, 6.45) is -0.129. The molecule has 3 aromatic carbocycles. The number of rotatable bonds is 4. The van der Waals surface area contributed by atoms with Crippen molar-refractivity contribution in [3.8, 4) is 0 Å². The van der Waals surface area contributed by atoms with Crippen LogP contribution in [0.2, 0.25) is 0 Å². The number of nitrogens with zero attached hydrogens (tertiary/aromatic N) is 1. The van der Waals surface area contributed by atoms with Gasteiger partial charge in [-0.15, -0.1) is 0 Å². The summed E-state index contributed by atoms with van der Waals surface area (Å²) < 4.78 is 27.3. The summed E-state index contributed by atoms with van der Waals surface area (Å²) in [4.78, 5) is 38.2. The molecular formula is C22H14F2N2O3. The second-order valence-corrected chi connectivity index (χ2v) is 6.48. The number of nitrogens with one attached hydrogen (secondary N) is 1. The summed E-state index contributed by atoms with van der Waals surface area (Å²) in [5.41, 5.74) is 1.11. The molecule has 1 aliphatic rings. The molecule has 0 spiro atoms. The van der Waals surface area contributed by atoms with Gasteiger partial charge in [0.2, 0.25) is 5.91 Å². The zero-order chi connectivity index (χ0) is 20.5. The average molecular weight is 392 g/mol. The summed E-state index contributed by atoms with van der Waals surface area (Å²) in [6, 6.07) is 16.1. The molecular weight excluding hydrogens is 378 g/mol. The Morgan fingerprint density at radius 1 is 0.793 bits per heavy atom. The Morgan fingerprint density at radius 3 is 1.90 bits per heavy atom. The maximum Gasteiger partial charge on any atom is 0.266 e. The lowest BCUT2D eigenvalue weighted by molar-refractivity contribution is -0.115. The quantitative estimate of drug-likeness (QED) is 0.684. The Bertz CT molecular complexity index is 1090. The number of imide groups is 1. The molecule has 0 fully saturated rings. The molecule has 29 heavy (non-hydrogen) atoms. The van der Waals surface area contributed by atoms with Crippen LogP contribution in [0.3, 0.4) is 0 Å². The minimum atomic E-state index is -0.862. The number of anilines is 2. The highest BCUT2D eigenvalue weighted by Crippen LogP contribution is 2.28. The van der Waals surface area contributed by atoms with Crippen LogP contribution in [-0.4, -0.2) is 17.7 Å². The highest BCUT2D eigenvalue weighted by Gasteiger charge is 2.36. The lowest BCUT2D eigenvalue weighted by atomic mass is 10.1. The topological polar surface area (TPSA) is 66.5 Å². The maximum absolute atomic E-state index is 13.6. The molecule has 0 saturated heterocycles. The zero-order valence-electron chi connectivity index (χ0n) is 15.0. The number of amides is 3. The lowest BCUT2D eigenvalue weighted by Gasteiger charge is -2.14. The van der Waals surface area contributed by atoms with Crippen LogP contribution in [0.25, 0.3) is 0 Å². The predicted molar refractivity (Wildman–Crippen MR) is 103 cm³/mol. The van der Waals surface area contributed by atoms with Gasteiger partial charge in [-0.25, -0.2) is 13.7 Å². The van der Waals surface area contributed by atoms with Crippen LogP contribution in [-0.2, 0) is 11.2 Å². The van der Waals surface area contributed by atoms with Gasteiger partial charge in [-0.2, -0.15) is 0 Å². The zero-order valence-corrected chi connectivity index (χ0v) is 15.0. The number of benzene rings is 3. The number of carbonyl (C=O) groups is 3. The molecule has 0 bridgehead atoms. The number of hydrogen-bond donors (Lipinski definition) is 1. The number of fused-ring (bicyclic) bond motifs is 1. The Morgan fingerprint density at radius 2 is 1.34 bits per heavy atom. The minimum absolute atomic E-state index is 0.129. The van der Waals surface area contributed by atoms with E-state index in [-0.39, 0.29) is 6.42 Å². The number of carbonyl (C=O) groups excluding carboxylic acids is 3. The van der Waals surface area contributed by atoms with Crippen molar-refractivity contribution in [2.45, 2.75) is 6.42 Å². The second-order valence-electron chi connectivity index (χ2n) is 6.48. The SMILES string of the molecule is O=C(Cc1ccc(N2C(=O)c3ccccc3C2=O)cc1)Nc1c(F)cccc1F. The summed E-state index contributed by atoms with van der Waals surface area (Å²) in [5.74, 6) is -3.14. The van der Waals surface area contributed by atoms with Gasteiger partial charge in [0, 0.05) is 0 Å². The van der Waals surface area contributed by atoms with Gasteiger partial charge in [0.1, 0.15) is 17.3 Å². The Kier molecular flexibility index (Phi) is 4.64. The van der Waals surface area contributed by atoms with E-state index < -0.39 is 35.0 Å². The Balaban J connectivity index is 1.48. The van der Waals surface area contributed by atoms with Crippen molar-refractivity contribution in [1.29, 1.82) is 0 Å². The van der Waals surface area contributed by atoms with Crippen molar-refractivity contribution in [1.82, 2.24) is 0 Å². The normalized spacial score (nSPS) is 12.8. The summed E-state index contributed by atoms with van der Waals surface area (Å²) in [7, 11) is 0. The third kappa shape index (κ3) is 3.38. The molecule has 1 heterocycles. The van der Waals surface area contributed by atoms with Crippen LogP contribution >= 0.6 is 0 Å². The van der Waals surface area contributed by atoms with E-state index in [1.165, 1.54) is 6.07 Å². The van der Waals surface area contributed by atoms with Gasteiger partial charge < -0.3 is 5.32 Å². The molecule has 4 rings (SSSR count). The molecule has 0 radical (unpaired) electrons. The highest BCUT2D eigenvalue weighted by molar-refractivity contribution is 6.34. The smallest absolute Gasteiger partial charge is 0.266 e. The minimum Gasteiger partial charge on any atom is -0.321 e. The molecule has 0 aromatic heterocycles. The molecule has 3 aromatic rings. The van der Waals surface area contributed by atoms with Crippen LogP contribution in [0.4, 0.5) is 20.2 Å². The Hall–Kier alpha value is -3.87. The first-order valence-corrected chi connectivity index (χ1v) is 8.76. The fourth-order valence-corrected chi connectivity index (χ4v) is 3.17. The van der Waals surface area contributed by atoms with Crippen LogP contribution in [0.15, 0.2) is 66.7 Å². The molecule has 7 heteroatoms. The fourth-order valence-electron chi connectivity index (χ4n) is 3.17. The summed E-state index contributed by atoms with van der Waals surface area (Å²) >= 11 is 0. The number of para-hydroxylation sites is 1. The largest absolute Gasteiger partial charge is 0.321 e. The van der Waals surface area contributed by atoms with E-state index in [1.54, 1.807) is 48.5 Å². The molecule has 1 aliphatic heterocycles. The van der Waals surface area contributed by atoms with E-state index in [0.717, 1.165) is 17.0 Å². The maximum atomic E-state index is 13.6. The van der Waals surface area contributed by atoms with Crippen molar-refractivity contribution in [3.05, 3.63) is 95.1 Å². The van der Waals surface area contributed by atoms with Crippen molar-refractivity contribution in [2.24, 2.45) is 0 Å². The van der Waals surface area contributed by atoms with E-state index in [2.05, 4.69) is 5.32 Å². The standard InChI is InChI=1S/C22H14F2N2O3/c23-17-6-3-7-18(24)20(17)25-19(27)12-13-8-10-14(11-9-13)26-21(28)15-4-1-2-5-16(15)22(26)29/h1-11H,12H2,(H,25,27). The van der Waals surface area contributed by atoms with Crippen LogP contribution in [0, 0.1) is 11.6 Å². The van der Waals surface area contributed by atoms with Crippen LogP contribution < -0.4 is 10.2 Å². The van der Waals surface area contributed by atoms with Crippen molar-refractivity contribution < 1.29 is 23.2 Å². The third-order valence-electron chi connectivity index (χ3n) is 4.58. The molecule has 0 aliphatic carbocycles. The molecule has 0 unspecified atom stereocenters. The molecule has 0 saturated carbocycles. The monoisotopic (exact) mass is 392 g/mol. The van der Waals surface area contributed by atoms with Crippen molar-refractivity contribution in [2.75, 3.05) is 10.2 Å². The first-order chi connectivity index (χ1) is 14.0. The molecule has 144 valence electrons. The van der Waals surface area contributed by atoms with Gasteiger partial charge >= 0.3 is 0 Å². The number of hydrogen-bond acceptors (Lipinski definition) is 3. The van der Waals surface area contributed by atoms with Crippen molar-refractivity contribution >= 4 is 29.1 Å². The molecule has 0 atom stereocenters. The average Bonchev–Trinajstić information content (AvgIpc) is 2.96. The van der Waals surface area contributed by atoms with E-state index in [4.69, 9.17) is 0 Å². The third-order valence-corrected chi connectivity index (χ3v) is 4.58. The van der Waals surface area contributed by atoms with E-state index in [0.29, 0.717) is 22.4 Å².